The van der Waals surface area contributed by atoms with Crippen molar-refractivity contribution in [2.24, 2.45) is 0 Å². The van der Waals surface area contributed by atoms with E-state index < -0.39 is 0 Å². The molecule has 2 radical (unpaired) electrons. The third-order valence-electron chi connectivity index (χ3n) is 3.88. The summed E-state index contributed by atoms with van der Waals surface area (Å²) in [6.45, 7) is 2.28. The second-order valence-corrected chi connectivity index (χ2v) is 5.84. The van der Waals surface area contributed by atoms with Crippen LogP contribution >= 0.6 is 0 Å². The van der Waals surface area contributed by atoms with Crippen LogP contribution in [0.1, 0.15) is 83.1 Å². The summed E-state index contributed by atoms with van der Waals surface area (Å²) in [6, 6.07) is 10.7. The van der Waals surface area contributed by atoms with Crippen molar-refractivity contribution in [1.29, 1.82) is 0 Å². The molecule has 0 atom stereocenters. The van der Waals surface area contributed by atoms with Crippen molar-refractivity contribution in [1.82, 2.24) is 0 Å². The van der Waals surface area contributed by atoms with Gasteiger partial charge >= 0.3 is 0 Å². The van der Waals surface area contributed by atoms with E-state index in [-0.39, 0.29) is 0 Å². The number of benzene rings is 1. The lowest BCUT2D eigenvalue weighted by molar-refractivity contribution is 0.555. The molecule has 0 nitrogen and oxygen atoms in total. The molecule has 0 heterocycles. The van der Waals surface area contributed by atoms with Crippen molar-refractivity contribution in [3.05, 3.63) is 42.3 Å². The van der Waals surface area contributed by atoms with Gasteiger partial charge in [-0.1, -0.05) is 101 Å². The van der Waals surface area contributed by atoms with Gasteiger partial charge in [-0.2, -0.15) is 0 Å². The predicted molar refractivity (Wildman–Crippen MR) is 89.9 cm³/mol. The Morgan fingerprint density at radius 1 is 0.700 bits per heavy atom. The Balaban J connectivity index is 1.77. The van der Waals surface area contributed by atoms with E-state index in [9.17, 15) is 0 Å². The molecule has 1 rings (SSSR count). The van der Waals surface area contributed by atoms with Crippen molar-refractivity contribution < 1.29 is 0 Å². The number of hydrogen-bond acceptors (Lipinski definition) is 0. The SMILES string of the molecule is CCCCCCCCCCCC[C]Cc1ccccc1. The molecule has 0 spiro atoms. The zero-order chi connectivity index (χ0) is 14.3. The molecule has 0 unspecified atom stereocenters. The van der Waals surface area contributed by atoms with Crippen LogP contribution < -0.4 is 0 Å². The normalized spacial score (nSPS) is 10.8. The molecule has 0 aliphatic heterocycles. The fraction of sp³-hybridized carbons (Fsp3) is 0.650. The molecule has 20 heavy (non-hydrogen) atoms. The summed E-state index contributed by atoms with van der Waals surface area (Å²) in [4.78, 5) is 0. The standard InChI is InChI=1S/C20H32/c1-2-3-4-5-6-7-8-9-10-11-12-14-17-20-18-15-13-16-19-20/h13,15-16,18-19H,2-12,17H2,1H3. The fourth-order valence-electron chi connectivity index (χ4n) is 2.57. The minimum atomic E-state index is 1.01. The quantitative estimate of drug-likeness (QED) is 0.354. The Kier molecular flexibility index (Phi) is 11.4. The van der Waals surface area contributed by atoms with E-state index in [0.29, 0.717) is 0 Å². The summed E-state index contributed by atoms with van der Waals surface area (Å²) in [5.74, 6) is 0. The van der Waals surface area contributed by atoms with Gasteiger partial charge < -0.3 is 0 Å². The van der Waals surface area contributed by atoms with Crippen LogP contribution in [-0.4, -0.2) is 0 Å². The van der Waals surface area contributed by atoms with Gasteiger partial charge in [-0.25, -0.2) is 0 Å². The molecule has 1 aromatic carbocycles. The Hall–Kier alpha value is -0.780. The monoisotopic (exact) mass is 272 g/mol. The van der Waals surface area contributed by atoms with E-state index in [1.54, 1.807) is 0 Å². The first-order valence-corrected chi connectivity index (χ1v) is 8.68. The van der Waals surface area contributed by atoms with E-state index >= 15 is 0 Å². The van der Waals surface area contributed by atoms with Crippen LogP contribution in [0.25, 0.3) is 0 Å². The molecule has 0 aliphatic carbocycles. The molecule has 0 N–H and O–H groups in total. The van der Waals surface area contributed by atoms with Gasteiger partial charge in [0, 0.05) is 0 Å². The zero-order valence-electron chi connectivity index (χ0n) is 13.4. The van der Waals surface area contributed by atoms with Gasteiger partial charge in [0.25, 0.3) is 0 Å². The third-order valence-corrected chi connectivity index (χ3v) is 3.88. The third kappa shape index (κ3) is 10.1. The average Bonchev–Trinajstić information content (AvgIpc) is 2.49. The van der Waals surface area contributed by atoms with Crippen LogP contribution in [0.5, 0.6) is 0 Å². The molecule has 0 aromatic heterocycles. The molecule has 1 aromatic rings. The topological polar surface area (TPSA) is 0 Å². The van der Waals surface area contributed by atoms with Crippen LogP contribution in [0.15, 0.2) is 30.3 Å². The second-order valence-electron chi connectivity index (χ2n) is 5.84. The summed E-state index contributed by atoms with van der Waals surface area (Å²) >= 11 is 0. The van der Waals surface area contributed by atoms with Crippen LogP contribution in [0.4, 0.5) is 0 Å². The van der Waals surface area contributed by atoms with Crippen LogP contribution in [0.3, 0.4) is 0 Å². The number of unbranched alkanes of at least 4 members (excludes halogenated alkanes) is 11. The van der Waals surface area contributed by atoms with Gasteiger partial charge in [0.15, 0.2) is 0 Å². The maximum atomic E-state index is 3.53. The minimum absolute atomic E-state index is 1.01. The van der Waals surface area contributed by atoms with E-state index in [0.717, 1.165) is 12.8 Å². The molecule has 0 bridgehead atoms. The highest BCUT2D eigenvalue weighted by Crippen LogP contribution is 2.12. The molecular weight excluding hydrogens is 240 g/mol. The van der Waals surface area contributed by atoms with Crippen molar-refractivity contribution in [2.45, 2.75) is 84.0 Å². The number of rotatable bonds is 13. The molecule has 112 valence electrons. The lowest BCUT2D eigenvalue weighted by Crippen LogP contribution is -1.87. The smallest absolute Gasteiger partial charge is 0.0126 e. The molecule has 0 amide bonds. The highest BCUT2D eigenvalue weighted by molar-refractivity contribution is 5.16. The van der Waals surface area contributed by atoms with Crippen LogP contribution in [0, 0.1) is 6.42 Å². The van der Waals surface area contributed by atoms with Gasteiger partial charge in [0.1, 0.15) is 0 Å². The van der Waals surface area contributed by atoms with Crippen LogP contribution in [0.2, 0.25) is 0 Å². The Bertz CT molecular complexity index is 288. The predicted octanol–water partition coefficient (Wildman–Crippen LogP) is 6.62. The summed E-state index contributed by atoms with van der Waals surface area (Å²) in [7, 11) is 0. The van der Waals surface area contributed by atoms with Crippen molar-refractivity contribution in [3.63, 3.8) is 0 Å². The lowest BCUT2D eigenvalue weighted by atomic mass is 10.0. The summed E-state index contributed by atoms with van der Waals surface area (Å²) in [5, 5.41) is 0. The molecule has 0 saturated heterocycles. The molecular formula is C20H32. The first-order valence-electron chi connectivity index (χ1n) is 8.68. The largest absolute Gasteiger partial charge is 0.0654 e. The van der Waals surface area contributed by atoms with E-state index in [2.05, 4.69) is 43.7 Å². The van der Waals surface area contributed by atoms with Crippen molar-refractivity contribution in [3.8, 4) is 0 Å². The van der Waals surface area contributed by atoms with Gasteiger partial charge in [-0.3, -0.25) is 0 Å². The average molecular weight is 272 g/mol. The highest BCUT2D eigenvalue weighted by atomic mass is 14.0. The fourth-order valence-corrected chi connectivity index (χ4v) is 2.57. The maximum Gasteiger partial charge on any atom is -0.0126 e. The summed E-state index contributed by atoms with van der Waals surface area (Å²) in [5.41, 5.74) is 1.39. The minimum Gasteiger partial charge on any atom is -0.0654 e. The number of hydrogen-bond donors (Lipinski definition) is 0. The summed E-state index contributed by atoms with van der Waals surface area (Å²) < 4.78 is 0. The first kappa shape index (κ1) is 17.3. The van der Waals surface area contributed by atoms with Crippen molar-refractivity contribution in [2.75, 3.05) is 0 Å². The molecule has 0 aliphatic rings. The van der Waals surface area contributed by atoms with Gasteiger partial charge in [0.2, 0.25) is 0 Å². The van der Waals surface area contributed by atoms with Crippen molar-refractivity contribution >= 4 is 0 Å². The van der Waals surface area contributed by atoms with E-state index in [1.807, 2.05) is 0 Å². The van der Waals surface area contributed by atoms with Gasteiger partial charge in [-0.15, -0.1) is 0 Å². The Morgan fingerprint density at radius 3 is 1.85 bits per heavy atom. The van der Waals surface area contributed by atoms with E-state index in [4.69, 9.17) is 0 Å². The van der Waals surface area contributed by atoms with Gasteiger partial charge in [-0.05, 0) is 24.8 Å². The summed E-state index contributed by atoms with van der Waals surface area (Å²) in [6.07, 6.45) is 19.8. The molecule has 0 fully saturated rings. The highest BCUT2D eigenvalue weighted by Gasteiger charge is 1.95. The maximum absolute atomic E-state index is 3.53. The lowest BCUT2D eigenvalue weighted by Gasteiger charge is -2.03. The molecule has 0 saturated carbocycles. The Morgan fingerprint density at radius 2 is 1.25 bits per heavy atom. The second kappa shape index (κ2) is 13.2. The molecule has 0 heteroatoms. The van der Waals surface area contributed by atoms with Crippen LogP contribution in [-0.2, 0) is 6.42 Å². The Labute approximate surface area is 127 Å². The first-order chi connectivity index (χ1) is 9.93. The zero-order valence-corrected chi connectivity index (χ0v) is 13.4. The van der Waals surface area contributed by atoms with Gasteiger partial charge in [0.05, 0.1) is 0 Å². The van der Waals surface area contributed by atoms with E-state index in [1.165, 1.54) is 69.8 Å².